The fourth-order valence-corrected chi connectivity index (χ4v) is 3.70. The number of benzene rings is 2. The number of carbonyl (C=O) groups is 3. The molecule has 2 aromatic carbocycles. The quantitative estimate of drug-likeness (QED) is 0.631. The summed E-state index contributed by atoms with van der Waals surface area (Å²) in [6.07, 6.45) is -0.00606. The summed E-state index contributed by atoms with van der Waals surface area (Å²) >= 11 is 0. The highest BCUT2D eigenvalue weighted by atomic mass is 16.5. The largest absolute Gasteiger partial charge is 0.480 e. The average Bonchev–Trinajstić information content (AvgIpc) is 3.08. The van der Waals surface area contributed by atoms with Crippen LogP contribution in [0.15, 0.2) is 48.5 Å². The second-order valence-electron chi connectivity index (χ2n) is 8.17. The van der Waals surface area contributed by atoms with E-state index in [1.54, 1.807) is 0 Å². The molecule has 1 aliphatic carbocycles. The predicted molar refractivity (Wildman–Crippen MR) is 117 cm³/mol. The molecule has 0 atom stereocenters. The lowest BCUT2D eigenvalue weighted by molar-refractivity contribution is -0.155. The number of amides is 2. The lowest BCUT2D eigenvalue weighted by Gasteiger charge is -2.31. The van der Waals surface area contributed by atoms with Crippen molar-refractivity contribution in [2.24, 2.45) is 0 Å². The number of likely N-dealkylation sites (N-methyl/N-ethyl adjacent to an activating group) is 1. The lowest BCUT2D eigenvalue weighted by atomic mass is 9.98. The maximum Gasteiger partial charge on any atom is 0.407 e. The van der Waals surface area contributed by atoms with Crippen LogP contribution in [0.4, 0.5) is 4.79 Å². The Morgan fingerprint density at radius 1 is 1.03 bits per heavy atom. The minimum atomic E-state index is -1.28. The molecule has 0 saturated carbocycles. The first-order chi connectivity index (χ1) is 14.7. The summed E-state index contributed by atoms with van der Waals surface area (Å²) in [7, 11) is 1.47. The molecule has 3 rings (SSSR count). The summed E-state index contributed by atoms with van der Waals surface area (Å²) in [6, 6.07) is 16.2. The van der Waals surface area contributed by atoms with Gasteiger partial charge in [-0.1, -0.05) is 48.5 Å². The maximum absolute atomic E-state index is 12.2. The molecule has 164 valence electrons. The summed E-state index contributed by atoms with van der Waals surface area (Å²) in [6.45, 7) is 3.45. The van der Waals surface area contributed by atoms with Crippen LogP contribution < -0.4 is 5.32 Å². The second kappa shape index (κ2) is 9.20. The number of hydrogen-bond donors (Lipinski definition) is 2. The topological polar surface area (TPSA) is 95.9 Å². The van der Waals surface area contributed by atoms with Crippen LogP contribution in [0.3, 0.4) is 0 Å². The minimum Gasteiger partial charge on any atom is -0.480 e. The number of aliphatic carboxylic acids is 1. The molecule has 0 heterocycles. The van der Waals surface area contributed by atoms with Gasteiger partial charge in [0.1, 0.15) is 12.1 Å². The van der Waals surface area contributed by atoms with Crippen LogP contribution in [-0.2, 0) is 14.3 Å². The van der Waals surface area contributed by atoms with Crippen LogP contribution in [-0.4, -0.2) is 53.7 Å². The molecule has 0 aliphatic heterocycles. The number of alkyl carbamates (subject to hydrolysis) is 1. The van der Waals surface area contributed by atoms with Crippen LogP contribution in [0.5, 0.6) is 0 Å². The number of carboxylic acids is 1. The molecule has 2 N–H and O–H groups in total. The van der Waals surface area contributed by atoms with Gasteiger partial charge in [0.15, 0.2) is 0 Å². The molecule has 1 aliphatic rings. The molecule has 7 nitrogen and oxygen atoms in total. The van der Waals surface area contributed by atoms with Crippen LogP contribution in [0.2, 0.25) is 0 Å². The molecule has 7 heteroatoms. The first-order valence-electron chi connectivity index (χ1n) is 10.3. The highest BCUT2D eigenvalue weighted by Crippen LogP contribution is 2.44. The summed E-state index contributed by atoms with van der Waals surface area (Å²) < 4.78 is 5.46. The minimum absolute atomic E-state index is 0.00775. The van der Waals surface area contributed by atoms with Gasteiger partial charge < -0.3 is 20.1 Å². The molecule has 31 heavy (non-hydrogen) atoms. The van der Waals surface area contributed by atoms with Crippen LogP contribution >= 0.6 is 0 Å². The fraction of sp³-hybridized carbons (Fsp3) is 0.375. The van der Waals surface area contributed by atoms with Crippen molar-refractivity contribution in [3.63, 3.8) is 0 Å². The Morgan fingerprint density at radius 3 is 2.13 bits per heavy atom. The molecule has 0 bridgehead atoms. The van der Waals surface area contributed by atoms with Crippen LogP contribution in [0.1, 0.15) is 43.7 Å². The molecular weight excluding hydrogens is 396 g/mol. The Hall–Kier alpha value is -3.35. The highest BCUT2D eigenvalue weighted by Gasteiger charge is 2.34. The van der Waals surface area contributed by atoms with Gasteiger partial charge in [-0.2, -0.15) is 0 Å². The monoisotopic (exact) mass is 424 g/mol. The highest BCUT2D eigenvalue weighted by molar-refractivity contribution is 5.86. The Kier molecular flexibility index (Phi) is 6.63. The van der Waals surface area contributed by atoms with E-state index in [-0.39, 0.29) is 31.4 Å². The smallest absolute Gasteiger partial charge is 0.407 e. The van der Waals surface area contributed by atoms with Crippen molar-refractivity contribution >= 4 is 18.0 Å². The van der Waals surface area contributed by atoms with Gasteiger partial charge in [-0.3, -0.25) is 4.79 Å². The van der Waals surface area contributed by atoms with E-state index >= 15 is 0 Å². The third kappa shape index (κ3) is 4.71. The van der Waals surface area contributed by atoms with E-state index in [0.717, 1.165) is 11.1 Å². The number of hydrogen-bond acceptors (Lipinski definition) is 4. The normalized spacial score (nSPS) is 12.6. The van der Waals surface area contributed by atoms with E-state index < -0.39 is 17.6 Å². The third-order valence-electron chi connectivity index (χ3n) is 5.92. The Bertz CT molecular complexity index is 940. The second-order valence-corrected chi connectivity index (χ2v) is 8.17. The van der Waals surface area contributed by atoms with Crippen LogP contribution in [0, 0.1) is 0 Å². The summed E-state index contributed by atoms with van der Waals surface area (Å²) in [5, 5.41) is 11.9. The van der Waals surface area contributed by atoms with Gasteiger partial charge in [-0.25, -0.2) is 9.59 Å². The summed E-state index contributed by atoms with van der Waals surface area (Å²) in [5.41, 5.74) is 3.34. The van der Waals surface area contributed by atoms with E-state index in [1.807, 2.05) is 24.3 Å². The van der Waals surface area contributed by atoms with Crippen molar-refractivity contribution in [3.05, 3.63) is 59.7 Å². The van der Waals surface area contributed by atoms with Gasteiger partial charge in [0.2, 0.25) is 5.91 Å². The zero-order chi connectivity index (χ0) is 22.6. The van der Waals surface area contributed by atoms with Crippen molar-refractivity contribution < 1.29 is 24.2 Å². The zero-order valence-corrected chi connectivity index (χ0v) is 18.1. The van der Waals surface area contributed by atoms with E-state index in [1.165, 1.54) is 36.9 Å². The van der Waals surface area contributed by atoms with Gasteiger partial charge in [0, 0.05) is 25.9 Å². The average molecular weight is 424 g/mol. The number of nitrogens with one attached hydrogen (secondary N) is 1. The van der Waals surface area contributed by atoms with Crippen molar-refractivity contribution in [3.8, 4) is 11.1 Å². The molecule has 2 amide bonds. The van der Waals surface area contributed by atoms with E-state index in [2.05, 4.69) is 29.6 Å². The van der Waals surface area contributed by atoms with Crippen molar-refractivity contribution in [1.82, 2.24) is 10.2 Å². The van der Waals surface area contributed by atoms with E-state index in [4.69, 9.17) is 4.74 Å². The number of carboxylic acid groups (broad SMARTS) is 1. The summed E-state index contributed by atoms with van der Waals surface area (Å²) in [5.74, 6) is -1.37. The molecule has 0 aromatic heterocycles. The third-order valence-corrected chi connectivity index (χ3v) is 5.92. The fourth-order valence-electron chi connectivity index (χ4n) is 3.70. The van der Waals surface area contributed by atoms with Gasteiger partial charge in [0.25, 0.3) is 0 Å². The molecule has 0 unspecified atom stereocenters. The number of rotatable bonds is 8. The molecule has 0 radical (unpaired) electrons. The van der Waals surface area contributed by atoms with E-state index in [9.17, 15) is 19.5 Å². The number of nitrogens with zero attached hydrogens (tertiary/aromatic N) is 1. The first kappa shape index (κ1) is 22.3. The molecule has 0 fully saturated rings. The SMILES string of the molecule is CN(C(=O)CCCNC(=O)OCC1c2ccccc2-c2ccccc21)C(C)(C)C(=O)O. The maximum atomic E-state index is 12.2. The van der Waals surface area contributed by atoms with E-state index in [0.29, 0.717) is 6.42 Å². The number of carbonyl (C=O) groups excluding carboxylic acids is 2. The van der Waals surface area contributed by atoms with Gasteiger partial charge in [-0.05, 0) is 42.5 Å². The van der Waals surface area contributed by atoms with Crippen molar-refractivity contribution in [2.45, 2.75) is 38.1 Å². The molecular formula is C24H28N2O5. The van der Waals surface area contributed by atoms with Gasteiger partial charge >= 0.3 is 12.1 Å². The number of ether oxygens (including phenoxy) is 1. The lowest BCUT2D eigenvalue weighted by Crippen LogP contribution is -2.50. The molecule has 0 spiro atoms. The predicted octanol–water partition coefficient (Wildman–Crippen LogP) is 3.63. The van der Waals surface area contributed by atoms with Crippen molar-refractivity contribution in [2.75, 3.05) is 20.2 Å². The number of fused-ring (bicyclic) bond motifs is 3. The first-order valence-corrected chi connectivity index (χ1v) is 10.3. The van der Waals surface area contributed by atoms with Gasteiger partial charge in [-0.15, -0.1) is 0 Å². The standard InChI is InChI=1S/C24H28N2O5/c1-24(2,22(28)29)26(3)21(27)13-8-14-25-23(30)31-15-20-18-11-6-4-9-16(18)17-10-5-7-12-19(17)20/h4-7,9-12,20H,8,13-15H2,1-3H3,(H,25,30)(H,28,29). The molecule has 2 aromatic rings. The Labute approximate surface area is 182 Å². The Balaban J connectivity index is 1.46. The summed E-state index contributed by atoms with van der Waals surface area (Å²) in [4.78, 5) is 36.8. The zero-order valence-electron chi connectivity index (χ0n) is 18.1. The molecule has 0 saturated heterocycles. The van der Waals surface area contributed by atoms with Crippen molar-refractivity contribution in [1.29, 1.82) is 0 Å². The van der Waals surface area contributed by atoms with Gasteiger partial charge in [0.05, 0.1) is 0 Å². The Morgan fingerprint density at radius 2 is 1.58 bits per heavy atom. The van der Waals surface area contributed by atoms with Crippen LogP contribution in [0.25, 0.3) is 11.1 Å².